The zero-order valence-electron chi connectivity index (χ0n) is 34.2. The molecule has 0 aliphatic carbocycles. The van der Waals surface area contributed by atoms with E-state index in [1.165, 1.54) is 21.0 Å². The number of benzene rings is 4. The molecule has 0 bridgehead atoms. The molecule has 0 N–H and O–H groups in total. The topological polar surface area (TPSA) is 209 Å². The van der Waals surface area contributed by atoms with Crippen LogP contribution in [-0.2, 0) is 70.2 Å². The number of hydrogen-bond donors (Lipinski definition) is 0. The molecule has 0 saturated carbocycles. The smallest absolute Gasteiger partial charge is 0.338 e. The number of carbonyl (C=O) groups is 4. The van der Waals surface area contributed by atoms with E-state index < -0.39 is 98.4 Å². The van der Waals surface area contributed by atoms with Crippen molar-refractivity contribution < 1.29 is 66.5 Å². The summed E-state index contributed by atoms with van der Waals surface area (Å²) in [5.41, 5.74) is 11.7. The maximum Gasteiger partial charge on any atom is 0.338 e. The first-order valence-corrected chi connectivity index (χ1v) is 19.8. The highest BCUT2D eigenvalue weighted by Crippen LogP contribution is 2.36. The number of carbonyl (C=O) groups excluding carboxylic acids is 4. The van der Waals surface area contributed by atoms with Crippen LogP contribution in [0.3, 0.4) is 0 Å². The van der Waals surface area contributed by atoms with E-state index in [0.717, 1.165) is 11.1 Å². The van der Waals surface area contributed by atoms with Gasteiger partial charge < -0.3 is 47.4 Å². The molecule has 2 saturated heterocycles. The van der Waals surface area contributed by atoms with Gasteiger partial charge in [-0.15, -0.1) is 0 Å². The van der Waals surface area contributed by atoms with Crippen molar-refractivity contribution in [3.8, 4) is 0 Å². The second-order valence-corrected chi connectivity index (χ2v) is 14.2. The molecule has 326 valence electrons. The van der Waals surface area contributed by atoms with Gasteiger partial charge in [0.05, 0.1) is 24.3 Å². The number of ether oxygens (including phenoxy) is 10. The van der Waals surface area contributed by atoms with Gasteiger partial charge >= 0.3 is 23.9 Å². The molecule has 2 aliphatic rings. The first-order valence-electron chi connectivity index (χ1n) is 19.8. The fourth-order valence-electron chi connectivity index (χ4n) is 7.00. The first kappa shape index (κ1) is 45.4. The van der Waals surface area contributed by atoms with Crippen LogP contribution in [0.5, 0.6) is 0 Å². The van der Waals surface area contributed by atoms with Crippen LogP contribution < -0.4 is 0 Å². The van der Waals surface area contributed by atoms with Crippen molar-refractivity contribution in [2.24, 2.45) is 5.11 Å². The summed E-state index contributed by atoms with van der Waals surface area (Å²) in [6.45, 7) is 1.43. The van der Waals surface area contributed by atoms with Crippen molar-refractivity contribution in [3.63, 3.8) is 0 Å². The lowest BCUT2D eigenvalue weighted by molar-refractivity contribution is -0.352. The van der Waals surface area contributed by atoms with Gasteiger partial charge in [-0.1, -0.05) is 102 Å². The molecule has 2 fully saturated rings. The van der Waals surface area contributed by atoms with E-state index in [4.69, 9.17) is 47.4 Å². The molecule has 10 unspecified atom stereocenters. The number of azide groups is 1. The molecule has 4 aromatic carbocycles. The second kappa shape index (κ2) is 22.6. The minimum absolute atomic E-state index is 0.0138. The Labute approximate surface area is 357 Å². The van der Waals surface area contributed by atoms with Crippen LogP contribution in [0.1, 0.15) is 45.7 Å². The van der Waals surface area contributed by atoms with Crippen molar-refractivity contribution in [2.45, 2.75) is 88.4 Å². The molecule has 0 amide bonds. The van der Waals surface area contributed by atoms with Crippen LogP contribution in [0.4, 0.5) is 0 Å². The van der Waals surface area contributed by atoms with Gasteiger partial charge in [0.25, 0.3) is 0 Å². The molecule has 0 spiro atoms. The van der Waals surface area contributed by atoms with Crippen molar-refractivity contribution >= 4 is 23.9 Å². The van der Waals surface area contributed by atoms with Crippen molar-refractivity contribution in [2.75, 3.05) is 20.3 Å². The highest BCUT2D eigenvalue weighted by Gasteiger charge is 2.56. The minimum Gasteiger partial charge on any atom is -0.463 e. The fraction of sp³-hybridized carbons (Fsp3) is 0.378. The number of rotatable bonds is 18. The predicted molar refractivity (Wildman–Crippen MR) is 217 cm³/mol. The Hall–Kier alpha value is -6.17. The number of esters is 4. The van der Waals surface area contributed by atoms with Gasteiger partial charge in [0, 0.05) is 25.9 Å². The second-order valence-electron chi connectivity index (χ2n) is 14.2. The highest BCUT2D eigenvalue weighted by molar-refractivity contribution is 5.89. The summed E-state index contributed by atoms with van der Waals surface area (Å²) in [5.74, 6) is -2.88. The zero-order valence-corrected chi connectivity index (χ0v) is 34.2. The average Bonchev–Trinajstić information content (AvgIpc) is 3.29. The summed E-state index contributed by atoms with van der Waals surface area (Å²) in [5, 5.41) is 4.00. The maximum atomic E-state index is 14.0. The summed E-state index contributed by atoms with van der Waals surface area (Å²) >= 11 is 0. The fourth-order valence-corrected chi connectivity index (χ4v) is 7.00. The summed E-state index contributed by atoms with van der Waals surface area (Å²) in [4.78, 5) is 55.2. The number of methoxy groups -OCH3 is 1. The average molecular weight is 854 g/mol. The summed E-state index contributed by atoms with van der Waals surface area (Å²) in [7, 11) is 1.35. The molecular weight excluding hydrogens is 807 g/mol. The lowest BCUT2D eigenvalue weighted by atomic mass is 9.95. The van der Waals surface area contributed by atoms with Crippen LogP contribution in [0.25, 0.3) is 10.4 Å². The molecule has 62 heavy (non-hydrogen) atoms. The van der Waals surface area contributed by atoms with Crippen LogP contribution >= 0.6 is 0 Å². The molecule has 6 rings (SSSR count). The molecule has 10 atom stereocenters. The van der Waals surface area contributed by atoms with Crippen LogP contribution in [-0.4, -0.2) is 106 Å². The highest BCUT2D eigenvalue weighted by atomic mass is 16.8. The van der Waals surface area contributed by atoms with Gasteiger partial charge in [-0.05, 0) is 40.9 Å². The SMILES string of the molecule is COC1OC(COC(=O)c2ccccc2)C(OC2OC(COC(C)=O)C(OC(C)=O)C(OCc3ccccc3)C2OC(=O)c2ccccc2)C(OCc2ccccc2)C1N=[N+]=[N-]. The lowest BCUT2D eigenvalue weighted by Gasteiger charge is -2.49. The zero-order chi connectivity index (χ0) is 43.8. The van der Waals surface area contributed by atoms with Gasteiger partial charge in [-0.25, -0.2) is 9.59 Å². The third-order valence-electron chi connectivity index (χ3n) is 9.88. The third-order valence-corrected chi connectivity index (χ3v) is 9.88. The Morgan fingerprint density at radius 2 is 1.08 bits per heavy atom. The summed E-state index contributed by atoms with van der Waals surface area (Å²) in [6, 6.07) is 33.4. The standard InChI is InChI=1S/C45H47N3O14/c1-28(49)54-26-34-38(58-29(2)50)40(56-25-31-18-10-5-11-19-31)41(61-43(52)33-22-14-7-15-23-33)45(60-34)62-37-35(27-57-42(51)32-20-12-6-13-21-32)59-44(53-3)36(47-48-46)39(37)55-24-30-16-8-4-9-17-30/h4-23,34-41,44-45H,24-27H2,1-3H3. The molecule has 4 aromatic rings. The van der Waals surface area contributed by atoms with E-state index in [-0.39, 0.29) is 24.3 Å². The Balaban J connectivity index is 1.44. The Bertz CT molecular complexity index is 2110. The van der Waals surface area contributed by atoms with Crippen LogP contribution in [0, 0.1) is 0 Å². The maximum absolute atomic E-state index is 14.0. The third kappa shape index (κ3) is 12.2. The van der Waals surface area contributed by atoms with Crippen molar-refractivity contribution in [1.82, 2.24) is 0 Å². The lowest BCUT2D eigenvalue weighted by Crippen LogP contribution is -2.66. The minimum atomic E-state index is -1.63. The number of nitrogens with zero attached hydrogens (tertiary/aromatic N) is 3. The van der Waals surface area contributed by atoms with Crippen molar-refractivity contribution in [1.29, 1.82) is 0 Å². The van der Waals surface area contributed by atoms with E-state index in [2.05, 4.69) is 10.0 Å². The summed E-state index contributed by atoms with van der Waals surface area (Å²) in [6.07, 6.45) is -12.1. The van der Waals surface area contributed by atoms with Crippen molar-refractivity contribution in [3.05, 3.63) is 154 Å². The molecule has 17 nitrogen and oxygen atoms in total. The van der Waals surface area contributed by atoms with E-state index >= 15 is 0 Å². The van der Waals surface area contributed by atoms with Gasteiger partial charge in [-0.2, -0.15) is 0 Å². The number of hydrogen-bond acceptors (Lipinski definition) is 15. The quantitative estimate of drug-likeness (QED) is 0.0376. The van der Waals surface area contributed by atoms with Crippen LogP contribution in [0.2, 0.25) is 0 Å². The first-order chi connectivity index (χ1) is 30.1. The molecule has 0 aromatic heterocycles. The Morgan fingerprint density at radius 1 is 0.581 bits per heavy atom. The molecule has 2 heterocycles. The van der Waals surface area contributed by atoms with Gasteiger partial charge in [0.1, 0.15) is 49.8 Å². The molecule has 0 radical (unpaired) electrons. The normalized spacial score (nSPS) is 25.7. The van der Waals surface area contributed by atoms with E-state index in [9.17, 15) is 24.7 Å². The monoisotopic (exact) mass is 853 g/mol. The molecule has 17 heteroatoms. The Morgan fingerprint density at radius 3 is 1.61 bits per heavy atom. The van der Waals surface area contributed by atoms with Gasteiger partial charge in [-0.3, -0.25) is 9.59 Å². The van der Waals surface area contributed by atoms with E-state index in [1.807, 2.05) is 60.7 Å². The predicted octanol–water partition coefficient (Wildman–Crippen LogP) is 5.89. The van der Waals surface area contributed by atoms with Gasteiger partial charge in [0.15, 0.2) is 24.8 Å². The largest absolute Gasteiger partial charge is 0.463 e. The van der Waals surface area contributed by atoms with E-state index in [0.29, 0.717) is 0 Å². The molecular formula is C45H47N3O14. The van der Waals surface area contributed by atoms with Crippen LogP contribution in [0.15, 0.2) is 126 Å². The van der Waals surface area contributed by atoms with E-state index in [1.54, 1.807) is 60.7 Å². The Kier molecular flexibility index (Phi) is 16.5. The molecule has 2 aliphatic heterocycles. The van der Waals surface area contributed by atoms with Gasteiger partial charge in [0.2, 0.25) is 0 Å². The summed E-state index contributed by atoms with van der Waals surface area (Å²) < 4.78 is 61.5.